The summed E-state index contributed by atoms with van der Waals surface area (Å²) in [6, 6.07) is 1.60. The van der Waals surface area contributed by atoms with Crippen LogP contribution in [0.1, 0.15) is 23.8 Å². The van der Waals surface area contributed by atoms with Crippen LogP contribution in [0.15, 0.2) is 6.07 Å². The summed E-state index contributed by atoms with van der Waals surface area (Å²) < 4.78 is 0. The Kier molecular flexibility index (Phi) is 3.66. The fourth-order valence-corrected chi connectivity index (χ4v) is 2.57. The molecule has 0 saturated carbocycles. The third-order valence-corrected chi connectivity index (χ3v) is 3.63. The lowest BCUT2D eigenvalue weighted by molar-refractivity contribution is 0.0656. The van der Waals surface area contributed by atoms with Gasteiger partial charge in [0.2, 0.25) is 0 Å². The number of nitrogens with one attached hydrogen (secondary N) is 1. The molecule has 2 unspecified atom stereocenters. The number of carbonyl (C=O) groups is 1. The predicted octanol–water partition coefficient (Wildman–Crippen LogP) is 2.13. The summed E-state index contributed by atoms with van der Waals surface area (Å²) in [6.07, 6.45) is 0.954. The lowest BCUT2D eigenvalue weighted by Crippen LogP contribution is -2.48. The minimum absolute atomic E-state index is 0.0450. The first-order chi connectivity index (χ1) is 7.97. The zero-order chi connectivity index (χ0) is 12.6. The molecule has 0 aliphatic carbocycles. The van der Waals surface area contributed by atoms with Crippen molar-refractivity contribution in [3.8, 4) is 0 Å². The van der Waals surface area contributed by atoms with E-state index in [0.29, 0.717) is 28.3 Å². The molecule has 94 valence electrons. The summed E-state index contributed by atoms with van der Waals surface area (Å²) in [5.74, 6) is 0.324. The second kappa shape index (κ2) is 4.88. The maximum absolute atomic E-state index is 12.2. The second-order valence-corrected chi connectivity index (χ2v) is 5.44. The number of aromatic amines is 1. The smallest absolute Gasteiger partial charge is 0.270 e. The number of H-pyrrole nitrogens is 1. The number of hydrogen-bond donors (Lipinski definition) is 2. The highest BCUT2D eigenvalue weighted by Gasteiger charge is 2.27. The van der Waals surface area contributed by atoms with Gasteiger partial charge in [-0.05, 0) is 18.4 Å². The number of rotatable bonds is 1. The van der Waals surface area contributed by atoms with E-state index in [0.717, 1.165) is 13.0 Å². The van der Waals surface area contributed by atoms with Crippen molar-refractivity contribution in [3.63, 3.8) is 0 Å². The molecule has 0 aromatic carbocycles. The van der Waals surface area contributed by atoms with Gasteiger partial charge in [0.15, 0.2) is 0 Å². The molecular weight excluding hydrogens is 261 g/mol. The zero-order valence-electron chi connectivity index (χ0n) is 9.54. The quantitative estimate of drug-likeness (QED) is 0.825. The van der Waals surface area contributed by atoms with Gasteiger partial charge in [0.1, 0.15) is 10.8 Å². The van der Waals surface area contributed by atoms with Crippen LogP contribution in [0.2, 0.25) is 10.2 Å². The Labute approximate surface area is 110 Å². The van der Waals surface area contributed by atoms with Gasteiger partial charge in [-0.15, -0.1) is 0 Å². The number of carbonyl (C=O) groups excluding carboxylic acids is 1. The van der Waals surface area contributed by atoms with Crippen LogP contribution in [-0.2, 0) is 0 Å². The molecule has 1 amide bonds. The molecule has 0 bridgehead atoms. The lowest BCUT2D eigenvalue weighted by Gasteiger charge is -2.34. The topological polar surface area (TPSA) is 62.1 Å². The van der Waals surface area contributed by atoms with Crippen molar-refractivity contribution in [1.29, 1.82) is 0 Å². The van der Waals surface area contributed by atoms with Crippen molar-refractivity contribution in [1.82, 2.24) is 9.88 Å². The minimum atomic E-state index is -0.0965. The number of halogens is 2. The molecule has 1 aromatic heterocycles. The number of hydrogen-bond acceptors (Lipinski definition) is 2. The molecule has 2 rings (SSSR count). The van der Waals surface area contributed by atoms with Gasteiger partial charge in [-0.3, -0.25) is 4.79 Å². The summed E-state index contributed by atoms with van der Waals surface area (Å²) in [5.41, 5.74) is 6.33. The molecular formula is C11H15Cl2N3O. The number of nitrogens with two attached hydrogens (primary N) is 1. The first kappa shape index (κ1) is 12.7. The van der Waals surface area contributed by atoms with Crippen LogP contribution >= 0.6 is 23.2 Å². The van der Waals surface area contributed by atoms with Crippen LogP contribution in [0.3, 0.4) is 0 Å². The molecule has 3 N–H and O–H groups in total. The van der Waals surface area contributed by atoms with E-state index in [1.54, 1.807) is 11.0 Å². The minimum Gasteiger partial charge on any atom is -0.340 e. The summed E-state index contributed by atoms with van der Waals surface area (Å²) in [5, 5.41) is 0.661. The van der Waals surface area contributed by atoms with Gasteiger partial charge in [-0.1, -0.05) is 30.1 Å². The van der Waals surface area contributed by atoms with Gasteiger partial charge in [-0.25, -0.2) is 0 Å². The van der Waals surface area contributed by atoms with E-state index in [1.165, 1.54) is 0 Å². The lowest BCUT2D eigenvalue weighted by atomic mass is 9.96. The summed E-state index contributed by atoms with van der Waals surface area (Å²) in [6.45, 7) is 3.40. The third-order valence-electron chi connectivity index (χ3n) is 2.93. The van der Waals surface area contributed by atoms with Crippen LogP contribution < -0.4 is 5.73 Å². The average Bonchev–Trinajstić information content (AvgIpc) is 2.57. The second-order valence-electron chi connectivity index (χ2n) is 4.66. The molecule has 17 heavy (non-hydrogen) atoms. The van der Waals surface area contributed by atoms with Crippen LogP contribution in [0.25, 0.3) is 0 Å². The van der Waals surface area contributed by atoms with Crippen molar-refractivity contribution in [2.24, 2.45) is 11.7 Å². The van der Waals surface area contributed by atoms with Gasteiger partial charge in [-0.2, -0.15) is 0 Å². The molecule has 2 atom stereocenters. The molecule has 0 spiro atoms. The Morgan fingerprint density at radius 3 is 2.76 bits per heavy atom. The number of nitrogens with zero attached hydrogens (tertiary/aromatic N) is 1. The van der Waals surface area contributed by atoms with Crippen molar-refractivity contribution in [2.45, 2.75) is 19.4 Å². The third kappa shape index (κ3) is 2.76. The Bertz CT molecular complexity index is 403. The van der Waals surface area contributed by atoms with Gasteiger partial charge >= 0.3 is 0 Å². The molecule has 4 nitrogen and oxygen atoms in total. The fourth-order valence-electron chi connectivity index (χ4n) is 2.26. The number of aromatic nitrogens is 1. The van der Waals surface area contributed by atoms with E-state index in [9.17, 15) is 4.79 Å². The Balaban J connectivity index is 2.14. The first-order valence-electron chi connectivity index (χ1n) is 5.56. The van der Waals surface area contributed by atoms with E-state index < -0.39 is 0 Å². The van der Waals surface area contributed by atoms with E-state index in [-0.39, 0.29) is 11.9 Å². The van der Waals surface area contributed by atoms with Crippen LogP contribution in [0.4, 0.5) is 0 Å². The molecule has 1 aliphatic rings. The standard InChI is InChI=1S/C11H15Cl2N3O/c1-6-2-7(14)5-16(4-6)11(17)9-3-8(12)10(13)15-9/h3,6-7,15H,2,4-5,14H2,1H3. The van der Waals surface area contributed by atoms with E-state index in [1.807, 2.05) is 0 Å². The van der Waals surface area contributed by atoms with E-state index in [4.69, 9.17) is 28.9 Å². The number of likely N-dealkylation sites (tertiary alicyclic amines) is 1. The van der Waals surface area contributed by atoms with Crippen molar-refractivity contribution in [3.05, 3.63) is 21.9 Å². The van der Waals surface area contributed by atoms with Crippen LogP contribution in [0, 0.1) is 5.92 Å². The molecule has 1 fully saturated rings. The summed E-state index contributed by atoms with van der Waals surface area (Å²) in [7, 11) is 0. The molecule has 0 radical (unpaired) electrons. The van der Waals surface area contributed by atoms with Gasteiger partial charge in [0.05, 0.1) is 5.02 Å². The highest BCUT2D eigenvalue weighted by atomic mass is 35.5. The Morgan fingerprint density at radius 2 is 2.24 bits per heavy atom. The van der Waals surface area contributed by atoms with Crippen molar-refractivity contribution < 1.29 is 4.79 Å². The van der Waals surface area contributed by atoms with E-state index >= 15 is 0 Å². The van der Waals surface area contributed by atoms with Gasteiger partial charge in [0, 0.05) is 19.1 Å². The van der Waals surface area contributed by atoms with Crippen LogP contribution in [0.5, 0.6) is 0 Å². The van der Waals surface area contributed by atoms with Crippen LogP contribution in [-0.4, -0.2) is 34.9 Å². The summed E-state index contributed by atoms with van der Waals surface area (Å²) in [4.78, 5) is 16.7. The zero-order valence-corrected chi connectivity index (χ0v) is 11.1. The SMILES string of the molecule is CC1CC(N)CN(C(=O)c2cc(Cl)c(Cl)[nH]2)C1. The maximum Gasteiger partial charge on any atom is 0.270 e. The predicted molar refractivity (Wildman–Crippen MR) is 68.5 cm³/mol. The number of piperidine rings is 1. The highest BCUT2D eigenvalue weighted by molar-refractivity contribution is 6.41. The van der Waals surface area contributed by atoms with Gasteiger partial charge < -0.3 is 15.6 Å². The van der Waals surface area contributed by atoms with Gasteiger partial charge in [0.25, 0.3) is 5.91 Å². The molecule has 6 heteroatoms. The number of amides is 1. The highest BCUT2D eigenvalue weighted by Crippen LogP contribution is 2.24. The molecule has 1 aromatic rings. The maximum atomic E-state index is 12.2. The fraction of sp³-hybridized carbons (Fsp3) is 0.545. The Morgan fingerprint density at radius 1 is 1.53 bits per heavy atom. The largest absolute Gasteiger partial charge is 0.340 e. The molecule has 2 heterocycles. The van der Waals surface area contributed by atoms with Crippen molar-refractivity contribution in [2.75, 3.05) is 13.1 Å². The normalized spacial score (nSPS) is 25.1. The molecule has 1 saturated heterocycles. The van der Waals surface area contributed by atoms with Crippen molar-refractivity contribution >= 4 is 29.1 Å². The molecule has 1 aliphatic heterocycles. The first-order valence-corrected chi connectivity index (χ1v) is 6.32. The Hall–Kier alpha value is -0.710. The summed E-state index contributed by atoms with van der Waals surface area (Å²) >= 11 is 11.6. The van der Waals surface area contributed by atoms with E-state index in [2.05, 4.69) is 11.9 Å². The average molecular weight is 276 g/mol. The monoisotopic (exact) mass is 275 g/mol.